The predicted octanol–water partition coefficient (Wildman–Crippen LogP) is 1.63. The second-order valence-corrected chi connectivity index (χ2v) is 5.53. The molecule has 0 radical (unpaired) electrons. The van der Waals surface area contributed by atoms with Gasteiger partial charge in [0.2, 0.25) is 5.95 Å². The fourth-order valence-corrected chi connectivity index (χ4v) is 2.71. The van der Waals surface area contributed by atoms with Gasteiger partial charge in [-0.25, -0.2) is 4.98 Å². The first-order valence-electron chi connectivity index (χ1n) is 7.32. The second kappa shape index (κ2) is 5.27. The second-order valence-electron chi connectivity index (χ2n) is 5.53. The Morgan fingerprint density at radius 3 is 3.14 bits per heavy atom. The van der Waals surface area contributed by atoms with E-state index in [4.69, 9.17) is 5.73 Å². The van der Waals surface area contributed by atoms with Crippen LogP contribution in [0.2, 0.25) is 0 Å². The lowest BCUT2D eigenvalue weighted by Gasteiger charge is -2.16. The van der Waals surface area contributed by atoms with Crippen LogP contribution in [0.4, 0.5) is 17.5 Å². The maximum atomic E-state index is 5.94. The summed E-state index contributed by atoms with van der Waals surface area (Å²) in [6.45, 7) is 1.72. The van der Waals surface area contributed by atoms with E-state index in [1.807, 2.05) is 24.3 Å². The van der Waals surface area contributed by atoms with E-state index in [0.717, 1.165) is 47.9 Å². The van der Waals surface area contributed by atoms with E-state index in [9.17, 15) is 0 Å². The first kappa shape index (κ1) is 13.0. The molecule has 4 N–H and O–H groups in total. The number of fused-ring (bicyclic) bond motifs is 1. The zero-order valence-corrected chi connectivity index (χ0v) is 12.0. The van der Waals surface area contributed by atoms with Crippen molar-refractivity contribution in [1.29, 1.82) is 0 Å². The van der Waals surface area contributed by atoms with Gasteiger partial charge in [-0.05, 0) is 30.7 Å². The van der Waals surface area contributed by atoms with Gasteiger partial charge in [0.05, 0.1) is 11.7 Å². The van der Waals surface area contributed by atoms with Crippen LogP contribution in [0.5, 0.6) is 0 Å². The van der Waals surface area contributed by atoms with Crippen molar-refractivity contribution in [1.82, 2.24) is 20.2 Å². The van der Waals surface area contributed by atoms with Gasteiger partial charge in [0, 0.05) is 36.4 Å². The molecule has 1 atom stereocenters. The van der Waals surface area contributed by atoms with Gasteiger partial charge >= 0.3 is 0 Å². The molecule has 1 fully saturated rings. The average molecular weight is 295 g/mol. The van der Waals surface area contributed by atoms with Crippen molar-refractivity contribution in [2.45, 2.75) is 12.5 Å². The van der Waals surface area contributed by atoms with Crippen molar-refractivity contribution in [2.24, 2.45) is 5.73 Å². The highest BCUT2D eigenvalue weighted by atomic mass is 15.3. The molecule has 7 heteroatoms. The van der Waals surface area contributed by atoms with Crippen molar-refractivity contribution in [3.63, 3.8) is 0 Å². The lowest BCUT2D eigenvalue weighted by atomic mass is 10.2. The van der Waals surface area contributed by atoms with Crippen molar-refractivity contribution in [3.05, 3.63) is 36.7 Å². The third-order valence-electron chi connectivity index (χ3n) is 3.86. The number of hydrogen-bond donors (Lipinski definition) is 3. The van der Waals surface area contributed by atoms with Crippen molar-refractivity contribution < 1.29 is 0 Å². The highest BCUT2D eigenvalue weighted by Crippen LogP contribution is 2.22. The SMILES string of the molecule is N[C@@H]1CCN(c2nccc(Nc3ccc4[nH]ncc4c3)n2)C1. The van der Waals surface area contributed by atoms with Crippen molar-refractivity contribution in [2.75, 3.05) is 23.3 Å². The fraction of sp³-hybridized carbons (Fsp3) is 0.267. The molecule has 7 nitrogen and oxygen atoms in total. The molecular weight excluding hydrogens is 278 g/mol. The summed E-state index contributed by atoms with van der Waals surface area (Å²) in [7, 11) is 0. The van der Waals surface area contributed by atoms with Crippen LogP contribution in [-0.4, -0.2) is 39.3 Å². The maximum Gasteiger partial charge on any atom is 0.227 e. The maximum absolute atomic E-state index is 5.94. The van der Waals surface area contributed by atoms with Crippen molar-refractivity contribution >= 4 is 28.4 Å². The minimum absolute atomic E-state index is 0.212. The van der Waals surface area contributed by atoms with Crippen LogP contribution in [0, 0.1) is 0 Å². The Morgan fingerprint density at radius 2 is 2.27 bits per heavy atom. The Bertz CT molecular complexity index is 797. The van der Waals surface area contributed by atoms with E-state index in [-0.39, 0.29) is 6.04 Å². The van der Waals surface area contributed by atoms with Crippen LogP contribution in [0.1, 0.15) is 6.42 Å². The van der Waals surface area contributed by atoms with Gasteiger partial charge in [-0.15, -0.1) is 0 Å². The highest BCUT2D eigenvalue weighted by molar-refractivity contribution is 5.82. The minimum atomic E-state index is 0.212. The van der Waals surface area contributed by atoms with Gasteiger partial charge in [-0.1, -0.05) is 0 Å². The molecule has 0 aliphatic carbocycles. The summed E-state index contributed by atoms with van der Waals surface area (Å²) in [5.74, 6) is 1.50. The fourth-order valence-electron chi connectivity index (χ4n) is 2.71. The zero-order chi connectivity index (χ0) is 14.9. The quantitative estimate of drug-likeness (QED) is 0.680. The Hall–Kier alpha value is -2.67. The average Bonchev–Trinajstić information content (AvgIpc) is 3.16. The summed E-state index contributed by atoms with van der Waals surface area (Å²) in [5, 5.41) is 11.3. The first-order chi connectivity index (χ1) is 10.8. The molecule has 1 saturated heterocycles. The summed E-state index contributed by atoms with van der Waals surface area (Å²) < 4.78 is 0. The smallest absolute Gasteiger partial charge is 0.227 e. The van der Waals surface area contributed by atoms with Gasteiger partial charge in [-0.3, -0.25) is 5.10 Å². The van der Waals surface area contributed by atoms with E-state index in [1.165, 1.54) is 0 Å². The Balaban J connectivity index is 1.57. The van der Waals surface area contributed by atoms with Crippen LogP contribution in [0.3, 0.4) is 0 Å². The molecule has 1 aliphatic rings. The van der Waals surface area contributed by atoms with Gasteiger partial charge in [-0.2, -0.15) is 10.1 Å². The summed E-state index contributed by atoms with van der Waals surface area (Å²) in [6.07, 6.45) is 4.56. The summed E-state index contributed by atoms with van der Waals surface area (Å²) >= 11 is 0. The van der Waals surface area contributed by atoms with Crippen molar-refractivity contribution in [3.8, 4) is 0 Å². The number of nitrogens with one attached hydrogen (secondary N) is 2. The van der Waals surface area contributed by atoms with Crippen LogP contribution in [0.15, 0.2) is 36.7 Å². The normalized spacial score (nSPS) is 18.0. The Kier molecular flexibility index (Phi) is 3.12. The lowest BCUT2D eigenvalue weighted by molar-refractivity contribution is 0.750. The van der Waals surface area contributed by atoms with Crippen LogP contribution in [-0.2, 0) is 0 Å². The number of anilines is 3. The lowest BCUT2D eigenvalue weighted by Crippen LogP contribution is -2.27. The number of aromatic nitrogens is 4. The molecule has 0 bridgehead atoms. The Morgan fingerprint density at radius 1 is 1.32 bits per heavy atom. The van der Waals surface area contributed by atoms with Gasteiger partial charge < -0.3 is 16.0 Å². The monoisotopic (exact) mass is 295 g/mol. The number of nitrogens with two attached hydrogens (primary N) is 1. The highest BCUT2D eigenvalue weighted by Gasteiger charge is 2.21. The Labute approximate surface area is 127 Å². The molecule has 22 heavy (non-hydrogen) atoms. The molecule has 3 heterocycles. The predicted molar refractivity (Wildman–Crippen MR) is 86.2 cm³/mol. The minimum Gasteiger partial charge on any atom is -0.340 e. The number of benzene rings is 1. The summed E-state index contributed by atoms with van der Waals surface area (Å²) in [6, 6.07) is 8.09. The summed E-state index contributed by atoms with van der Waals surface area (Å²) in [5.41, 5.74) is 7.93. The molecule has 4 rings (SSSR count). The van der Waals surface area contributed by atoms with Gasteiger partial charge in [0.1, 0.15) is 5.82 Å². The molecule has 2 aromatic heterocycles. The number of H-pyrrole nitrogens is 1. The number of aromatic amines is 1. The van der Waals surface area contributed by atoms with E-state index >= 15 is 0 Å². The van der Waals surface area contributed by atoms with E-state index < -0.39 is 0 Å². The molecule has 0 spiro atoms. The largest absolute Gasteiger partial charge is 0.340 e. The molecule has 1 aromatic carbocycles. The van der Waals surface area contributed by atoms with Gasteiger partial charge in [0.25, 0.3) is 0 Å². The molecule has 0 amide bonds. The molecular formula is C15H17N7. The number of hydrogen-bond acceptors (Lipinski definition) is 6. The molecule has 0 unspecified atom stereocenters. The van der Waals surface area contributed by atoms with E-state index in [2.05, 4.69) is 30.4 Å². The van der Waals surface area contributed by atoms with Crippen LogP contribution >= 0.6 is 0 Å². The van der Waals surface area contributed by atoms with E-state index in [1.54, 1.807) is 12.4 Å². The van der Waals surface area contributed by atoms with Crippen LogP contribution < -0.4 is 16.0 Å². The zero-order valence-electron chi connectivity index (χ0n) is 12.0. The van der Waals surface area contributed by atoms with Crippen LogP contribution in [0.25, 0.3) is 10.9 Å². The number of rotatable bonds is 3. The molecule has 3 aromatic rings. The first-order valence-corrected chi connectivity index (χ1v) is 7.32. The molecule has 1 aliphatic heterocycles. The van der Waals surface area contributed by atoms with E-state index in [0.29, 0.717) is 0 Å². The standard InChI is InChI=1S/C15H17N7/c16-11-4-6-22(9-11)15-17-5-3-14(20-15)19-12-1-2-13-10(7-12)8-18-21-13/h1-3,5,7-8,11H,4,6,9,16H2,(H,18,21)(H,17,19,20)/t11-/m1/s1. The number of nitrogens with zero attached hydrogens (tertiary/aromatic N) is 4. The summed E-state index contributed by atoms with van der Waals surface area (Å²) in [4.78, 5) is 11.0. The third-order valence-corrected chi connectivity index (χ3v) is 3.86. The topological polar surface area (TPSA) is 95.8 Å². The van der Waals surface area contributed by atoms with Gasteiger partial charge in [0.15, 0.2) is 0 Å². The molecule has 0 saturated carbocycles. The third kappa shape index (κ3) is 2.46. The molecule has 112 valence electrons.